The van der Waals surface area contributed by atoms with Crippen LogP contribution >= 0.6 is 0 Å². The van der Waals surface area contributed by atoms with Crippen LogP contribution in [0.4, 0.5) is 0 Å². The average molecular weight is 319 g/mol. The van der Waals surface area contributed by atoms with Crippen molar-refractivity contribution in [2.45, 2.75) is 37.8 Å². The highest BCUT2D eigenvalue weighted by Gasteiger charge is 2.35. The lowest BCUT2D eigenvalue weighted by molar-refractivity contribution is -0.146. The van der Waals surface area contributed by atoms with Gasteiger partial charge in [-0.25, -0.2) is 4.79 Å². The van der Waals surface area contributed by atoms with Crippen molar-refractivity contribution in [1.82, 2.24) is 5.32 Å². The summed E-state index contributed by atoms with van der Waals surface area (Å²) in [4.78, 5) is 35.5. The van der Waals surface area contributed by atoms with Gasteiger partial charge >= 0.3 is 5.97 Å². The van der Waals surface area contributed by atoms with Crippen molar-refractivity contribution in [3.05, 3.63) is 35.9 Å². The molecule has 0 heterocycles. The molecule has 1 aliphatic carbocycles. The fourth-order valence-corrected chi connectivity index (χ4v) is 2.97. The molecule has 23 heavy (non-hydrogen) atoms. The predicted octanol–water partition coefficient (Wildman–Crippen LogP) is 1.70. The molecular formula is C17H21NO5. The first-order valence-corrected chi connectivity index (χ1v) is 7.65. The Hall–Kier alpha value is -2.21. The van der Waals surface area contributed by atoms with E-state index in [9.17, 15) is 19.5 Å². The Morgan fingerprint density at radius 3 is 2.57 bits per heavy atom. The van der Waals surface area contributed by atoms with Gasteiger partial charge in [-0.15, -0.1) is 0 Å². The van der Waals surface area contributed by atoms with Crippen molar-refractivity contribution >= 4 is 17.7 Å². The number of methoxy groups -OCH3 is 1. The number of Topliss-reactive ketones (excluding diaryl/α,β-unsaturated/α-hetero) is 1. The number of nitrogens with one attached hydrogen (secondary N) is 1. The molecule has 0 saturated heterocycles. The zero-order chi connectivity index (χ0) is 16.8. The van der Waals surface area contributed by atoms with E-state index in [0.717, 1.165) is 0 Å². The van der Waals surface area contributed by atoms with Gasteiger partial charge < -0.3 is 15.2 Å². The molecule has 1 amide bonds. The molecule has 0 spiro atoms. The second-order valence-corrected chi connectivity index (χ2v) is 5.75. The van der Waals surface area contributed by atoms with Gasteiger partial charge in [0.1, 0.15) is 11.8 Å². The third-order valence-electron chi connectivity index (χ3n) is 4.13. The van der Waals surface area contributed by atoms with E-state index in [4.69, 9.17) is 4.74 Å². The molecule has 1 saturated carbocycles. The Bertz CT molecular complexity index is 572. The Morgan fingerprint density at radius 2 is 2.00 bits per heavy atom. The maximum atomic E-state index is 12.4. The number of carbonyl (C=O) groups is 3. The molecule has 0 aliphatic heterocycles. The minimum absolute atomic E-state index is 0.0492. The number of amides is 1. The van der Waals surface area contributed by atoms with Gasteiger partial charge in [0.25, 0.3) is 5.91 Å². The summed E-state index contributed by atoms with van der Waals surface area (Å²) in [5, 5.41) is 12.0. The third kappa shape index (κ3) is 4.39. The van der Waals surface area contributed by atoms with Gasteiger partial charge in [0.15, 0.2) is 6.10 Å². The highest BCUT2D eigenvalue weighted by atomic mass is 16.5. The Kier molecular flexibility index (Phi) is 5.87. The maximum absolute atomic E-state index is 12.4. The quantitative estimate of drug-likeness (QED) is 0.832. The molecule has 0 aromatic heterocycles. The minimum Gasteiger partial charge on any atom is -0.480 e. The zero-order valence-corrected chi connectivity index (χ0v) is 13.0. The number of ketones is 1. The van der Waals surface area contributed by atoms with E-state index >= 15 is 0 Å². The highest BCUT2D eigenvalue weighted by molar-refractivity contribution is 5.88. The van der Waals surface area contributed by atoms with Crippen LogP contribution in [0.15, 0.2) is 30.3 Å². The average Bonchev–Trinajstić information content (AvgIpc) is 2.54. The van der Waals surface area contributed by atoms with Gasteiger partial charge in [-0.1, -0.05) is 30.3 Å². The molecule has 3 atom stereocenters. The molecule has 6 heteroatoms. The van der Waals surface area contributed by atoms with Crippen LogP contribution in [0.5, 0.6) is 0 Å². The largest absolute Gasteiger partial charge is 0.480 e. The smallest absolute Gasteiger partial charge is 0.326 e. The number of benzene rings is 1. The normalized spacial score (nSPS) is 20.6. The number of ether oxygens (including phenoxy) is 1. The van der Waals surface area contributed by atoms with Gasteiger partial charge in [-0.05, 0) is 24.3 Å². The molecule has 1 aromatic carbocycles. The van der Waals surface area contributed by atoms with Crippen LogP contribution in [0.25, 0.3) is 0 Å². The third-order valence-corrected chi connectivity index (χ3v) is 4.13. The number of carboxylic acid groups (broad SMARTS) is 1. The number of hydrogen-bond acceptors (Lipinski definition) is 4. The molecular weight excluding hydrogens is 298 g/mol. The fraction of sp³-hybridized carbons (Fsp3) is 0.471. The van der Waals surface area contributed by atoms with Crippen LogP contribution in [-0.2, 0) is 19.1 Å². The van der Waals surface area contributed by atoms with E-state index in [2.05, 4.69) is 5.32 Å². The predicted molar refractivity (Wildman–Crippen MR) is 82.7 cm³/mol. The summed E-state index contributed by atoms with van der Waals surface area (Å²) >= 11 is 0. The summed E-state index contributed by atoms with van der Waals surface area (Å²) in [5.74, 6) is -1.95. The molecule has 0 unspecified atom stereocenters. The van der Waals surface area contributed by atoms with Crippen molar-refractivity contribution < 1.29 is 24.2 Å². The summed E-state index contributed by atoms with van der Waals surface area (Å²) in [5.41, 5.74) is 0.649. The second-order valence-electron chi connectivity index (χ2n) is 5.75. The monoisotopic (exact) mass is 319 g/mol. The topological polar surface area (TPSA) is 92.7 Å². The van der Waals surface area contributed by atoms with Gasteiger partial charge in [0.2, 0.25) is 0 Å². The van der Waals surface area contributed by atoms with Crippen LogP contribution in [-0.4, -0.2) is 35.9 Å². The Balaban J connectivity index is 2.10. The van der Waals surface area contributed by atoms with Crippen molar-refractivity contribution in [2.24, 2.45) is 5.92 Å². The van der Waals surface area contributed by atoms with Crippen LogP contribution in [0.3, 0.4) is 0 Å². The van der Waals surface area contributed by atoms with Crippen LogP contribution in [0.1, 0.15) is 37.4 Å². The lowest BCUT2D eigenvalue weighted by Gasteiger charge is -2.28. The highest BCUT2D eigenvalue weighted by Crippen LogP contribution is 2.25. The number of aliphatic carboxylic acids is 1. The first-order chi connectivity index (χ1) is 11.0. The Labute approximate surface area is 134 Å². The molecule has 2 rings (SSSR count). The number of rotatable bonds is 6. The molecule has 0 radical (unpaired) electrons. The molecule has 6 nitrogen and oxygen atoms in total. The fourth-order valence-electron chi connectivity index (χ4n) is 2.97. The lowest BCUT2D eigenvalue weighted by Crippen LogP contribution is -2.49. The summed E-state index contributed by atoms with van der Waals surface area (Å²) in [6.07, 6.45) is 1.08. The second kappa shape index (κ2) is 7.87. The Morgan fingerprint density at radius 1 is 1.30 bits per heavy atom. The number of hydrogen-bond donors (Lipinski definition) is 2. The SMILES string of the molecule is CO[C@@H](C(=O)N[C@@H](C(=O)O)[C@@H]1CCCC(=O)C1)c1ccccc1. The van der Waals surface area contributed by atoms with E-state index in [1.165, 1.54) is 7.11 Å². The molecule has 1 fully saturated rings. The van der Waals surface area contributed by atoms with E-state index in [1.54, 1.807) is 24.3 Å². The van der Waals surface area contributed by atoms with Gasteiger partial charge in [-0.2, -0.15) is 0 Å². The van der Waals surface area contributed by atoms with Crippen molar-refractivity contribution in [3.63, 3.8) is 0 Å². The molecule has 1 aliphatic rings. The van der Waals surface area contributed by atoms with E-state index in [-0.39, 0.29) is 18.1 Å². The standard InChI is InChI=1S/C17H21NO5/c1-23-15(11-6-3-2-4-7-11)16(20)18-14(17(21)22)12-8-5-9-13(19)10-12/h2-4,6-7,12,14-15H,5,8-10H2,1H3,(H,18,20)(H,21,22)/t12-,14-,15-/m1/s1. The summed E-state index contributed by atoms with van der Waals surface area (Å²) in [6.45, 7) is 0. The molecule has 2 N–H and O–H groups in total. The van der Waals surface area contributed by atoms with E-state index < -0.39 is 24.0 Å². The summed E-state index contributed by atoms with van der Waals surface area (Å²) in [7, 11) is 1.40. The molecule has 124 valence electrons. The van der Waals surface area contributed by atoms with Crippen molar-refractivity contribution in [1.29, 1.82) is 0 Å². The first-order valence-electron chi connectivity index (χ1n) is 7.65. The van der Waals surface area contributed by atoms with Crippen LogP contribution < -0.4 is 5.32 Å². The minimum atomic E-state index is -1.12. The molecule has 1 aromatic rings. The van der Waals surface area contributed by atoms with Crippen LogP contribution in [0, 0.1) is 5.92 Å². The number of carbonyl (C=O) groups excluding carboxylic acids is 2. The van der Waals surface area contributed by atoms with Gasteiger partial charge in [0.05, 0.1) is 0 Å². The van der Waals surface area contributed by atoms with E-state index in [1.807, 2.05) is 6.07 Å². The maximum Gasteiger partial charge on any atom is 0.326 e. The van der Waals surface area contributed by atoms with Gasteiger partial charge in [0, 0.05) is 20.0 Å². The summed E-state index contributed by atoms with van der Waals surface area (Å²) < 4.78 is 5.22. The zero-order valence-electron chi connectivity index (χ0n) is 13.0. The first kappa shape index (κ1) is 17.1. The van der Waals surface area contributed by atoms with E-state index in [0.29, 0.717) is 24.8 Å². The van der Waals surface area contributed by atoms with Crippen molar-refractivity contribution in [2.75, 3.05) is 7.11 Å². The van der Waals surface area contributed by atoms with Crippen LogP contribution in [0.2, 0.25) is 0 Å². The van der Waals surface area contributed by atoms with Gasteiger partial charge in [-0.3, -0.25) is 9.59 Å². The summed E-state index contributed by atoms with van der Waals surface area (Å²) in [6, 6.07) is 7.79. The number of carboxylic acids is 1. The lowest BCUT2D eigenvalue weighted by atomic mass is 9.83. The molecule has 0 bridgehead atoms. The van der Waals surface area contributed by atoms with Crippen molar-refractivity contribution in [3.8, 4) is 0 Å².